The van der Waals surface area contributed by atoms with Crippen LogP contribution in [0, 0.1) is 0 Å². The van der Waals surface area contributed by atoms with E-state index in [0.717, 1.165) is 24.3 Å². The zero-order valence-electron chi connectivity index (χ0n) is 12.2. The van der Waals surface area contributed by atoms with E-state index in [1.807, 2.05) is 34.7 Å². The van der Waals surface area contributed by atoms with Gasteiger partial charge < -0.3 is 9.47 Å². The zero-order valence-corrected chi connectivity index (χ0v) is 12.2. The molecule has 0 aromatic carbocycles. The summed E-state index contributed by atoms with van der Waals surface area (Å²) in [5.41, 5.74) is 3.37. The number of imidazole rings is 1. The third-order valence-electron chi connectivity index (χ3n) is 4.14. The van der Waals surface area contributed by atoms with E-state index in [1.54, 1.807) is 24.9 Å². The maximum atomic E-state index is 12.5. The van der Waals surface area contributed by atoms with Crippen molar-refractivity contribution in [2.75, 3.05) is 13.1 Å². The fourth-order valence-electron chi connectivity index (χ4n) is 2.81. The number of nitrogens with zero attached hydrogens (tertiary/aromatic N) is 5. The van der Waals surface area contributed by atoms with E-state index < -0.39 is 0 Å². The Hall–Kier alpha value is -2.76. The molecule has 0 aliphatic carbocycles. The van der Waals surface area contributed by atoms with E-state index in [4.69, 9.17) is 0 Å². The van der Waals surface area contributed by atoms with Crippen LogP contribution in [0.3, 0.4) is 0 Å². The van der Waals surface area contributed by atoms with Gasteiger partial charge in [-0.25, -0.2) is 9.97 Å². The number of aryl methyl sites for hydroxylation is 1. The van der Waals surface area contributed by atoms with Gasteiger partial charge >= 0.3 is 0 Å². The molecule has 3 aromatic heterocycles. The number of amides is 1. The molecule has 4 rings (SSSR count). The monoisotopic (exact) mass is 293 g/mol. The first kappa shape index (κ1) is 12.9. The molecule has 0 saturated carbocycles. The maximum Gasteiger partial charge on any atom is 0.255 e. The van der Waals surface area contributed by atoms with Crippen LogP contribution in [0.4, 0.5) is 0 Å². The van der Waals surface area contributed by atoms with Gasteiger partial charge in [-0.1, -0.05) is 0 Å². The smallest absolute Gasteiger partial charge is 0.255 e. The second-order valence-electron chi connectivity index (χ2n) is 5.61. The van der Waals surface area contributed by atoms with Gasteiger partial charge in [0, 0.05) is 44.6 Å². The van der Waals surface area contributed by atoms with E-state index in [0.29, 0.717) is 11.5 Å². The van der Waals surface area contributed by atoms with Gasteiger partial charge in [-0.15, -0.1) is 0 Å². The first-order valence-electron chi connectivity index (χ1n) is 7.18. The van der Waals surface area contributed by atoms with E-state index in [1.165, 1.54) is 5.56 Å². The molecule has 0 radical (unpaired) electrons. The minimum atomic E-state index is 0.0189. The standard InChI is InChI=1S/C16H15N5O/c1-20-10-19-14-6-12(7-18-15(14)20)16(22)21-8-13(9-21)11-2-4-17-5-3-11/h2-7,10,13H,8-9H2,1H3. The summed E-state index contributed by atoms with van der Waals surface area (Å²) >= 11 is 0. The first-order valence-corrected chi connectivity index (χ1v) is 7.18. The fourth-order valence-corrected chi connectivity index (χ4v) is 2.81. The van der Waals surface area contributed by atoms with Crippen LogP contribution >= 0.6 is 0 Å². The minimum absolute atomic E-state index is 0.0189. The normalized spacial score (nSPS) is 15.0. The molecule has 22 heavy (non-hydrogen) atoms. The lowest BCUT2D eigenvalue weighted by Crippen LogP contribution is -2.48. The van der Waals surface area contributed by atoms with Gasteiger partial charge in [0.15, 0.2) is 5.65 Å². The summed E-state index contributed by atoms with van der Waals surface area (Å²) in [6, 6.07) is 5.83. The Bertz CT molecular complexity index is 836. The number of likely N-dealkylation sites (tertiary alicyclic amines) is 1. The molecule has 1 aliphatic heterocycles. The van der Waals surface area contributed by atoms with E-state index in [9.17, 15) is 4.79 Å². The fraction of sp³-hybridized carbons (Fsp3) is 0.250. The molecular weight excluding hydrogens is 278 g/mol. The molecule has 1 saturated heterocycles. The van der Waals surface area contributed by atoms with Crippen LogP contribution in [0.5, 0.6) is 0 Å². The lowest BCUT2D eigenvalue weighted by atomic mass is 9.92. The Morgan fingerprint density at radius 3 is 2.77 bits per heavy atom. The molecule has 1 aliphatic rings. The summed E-state index contributed by atoms with van der Waals surface area (Å²) in [6.07, 6.45) is 6.92. The SMILES string of the molecule is Cn1cnc2cc(C(=O)N3CC(c4ccncc4)C3)cnc21. The molecule has 3 aromatic rings. The molecule has 110 valence electrons. The lowest BCUT2D eigenvalue weighted by Gasteiger charge is -2.39. The highest BCUT2D eigenvalue weighted by Gasteiger charge is 2.32. The molecule has 0 atom stereocenters. The van der Waals surface area contributed by atoms with Crippen molar-refractivity contribution in [2.45, 2.75) is 5.92 Å². The van der Waals surface area contributed by atoms with Crippen molar-refractivity contribution >= 4 is 17.1 Å². The Morgan fingerprint density at radius 2 is 2.00 bits per heavy atom. The molecule has 6 heteroatoms. The molecule has 0 unspecified atom stereocenters. The van der Waals surface area contributed by atoms with E-state index in [2.05, 4.69) is 15.0 Å². The van der Waals surface area contributed by atoms with Crippen molar-refractivity contribution in [3.63, 3.8) is 0 Å². The number of fused-ring (bicyclic) bond motifs is 1. The number of pyridine rings is 2. The van der Waals surface area contributed by atoms with Crippen LogP contribution in [-0.4, -0.2) is 43.4 Å². The molecule has 0 spiro atoms. The first-order chi connectivity index (χ1) is 10.7. The van der Waals surface area contributed by atoms with Crippen LogP contribution < -0.4 is 0 Å². The highest BCUT2D eigenvalue weighted by Crippen LogP contribution is 2.28. The summed E-state index contributed by atoms with van der Waals surface area (Å²) in [7, 11) is 1.89. The topological polar surface area (TPSA) is 63.9 Å². The molecule has 1 amide bonds. The maximum absolute atomic E-state index is 12.5. The van der Waals surface area contributed by atoms with Gasteiger partial charge in [-0.2, -0.15) is 0 Å². The van der Waals surface area contributed by atoms with Gasteiger partial charge in [-0.3, -0.25) is 9.78 Å². The van der Waals surface area contributed by atoms with Crippen molar-refractivity contribution in [2.24, 2.45) is 7.05 Å². The van der Waals surface area contributed by atoms with Gasteiger partial charge in [0.25, 0.3) is 5.91 Å². The van der Waals surface area contributed by atoms with Gasteiger partial charge in [0.05, 0.1) is 11.9 Å². The average molecular weight is 293 g/mol. The zero-order chi connectivity index (χ0) is 15.1. The molecule has 0 N–H and O–H groups in total. The Morgan fingerprint density at radius 1 is 1.23 bits per heavy atom. The number of aromatic nitrogens is 4. The third-order valence-corrected chi connectivity index (χ3v) is 4.14. The molecular formula is C16H15N5O. The Labute approximate surface area is 127 Å². The Balaban J connectivity index is 1.50. The highest BCUT2D eigenvalue weighted by molar-refractivity contribution is 5.96. The van der Waals surface area contributed by atoms with Crippen molar-refractivity contribution in [1.82, 2.24) is 24.4 Å². The lowest BCUT2D eigenvalue weighted by molar-refractivity contribution is 0.0602. The van der Waals surface area contributed by atoms with Crippen LogP contribution in [0.2, 0.25) is 0 Å². The van der Waals surface area contributed by atoms with Crippen molar-refractivity contribution < 1.29 is 4.79 Å². The van der Waals surface area contributed by atoms with Crippen LogP contribution in [-0.2, 0) is 7.05 Å². The third kappa shape index (κ3) is 2.04. The molecule has 6 nitrogen and oxygen atoms in total. The summed E-state index contributed by atoms with van der Waals surface area (Å²) in [4.78, 5) is 26.9. The van der Waals surface area contributed by atoms with Crippen LogP contribution in [0.25, 0.3) is 11.2 Å². The number of rotatable bonds is 2. The average Bonchev–Trinajstić information content (AvgIpc) is 2.88. The summed E-state index contributed by atoms with van der Waals surface area (Å²) in [5, 5.41) is 0. The predicted molar refractivity (Wildman–Crippen MR) is 81.4 cm³/mol. The van der Waals surface area contributed by atoms with Crippen molar-refractivity contribution in [3.8, 4) is 0 Å². The second-order valence-corrected chi connectivity index (χ2v) is 5.61. The second kappa shape index (κ2) is 4.91. The summed E-state index contributed by atoms with van der Waals surface area (Å²) in [6.45, 7) is 1.48. The largest absolute Gasteiger partial charge is 0.337 e. The molecule has 0 bridgehead atoms. The molecule has 1 fully saturated rings. The Kier molecular flexibility index (Phi) is 2.89. The summed E-state index contributed by atoms with van der Waals surface area (Å²) in [5.74, 6) is 0.420. The minimum Gasteiger partial charge on any atom is -0.337 e. The van der Waals surface area contributed by atoms with Crippen LogP contribution in [0.1, 0.15) is 21.8 Å². The van der Waals surface area contributed by atoms with Gasteiger partial charge in [0.1, 0.15) is 5.52 Å². The van der Waals surface area contributed by atoms with Gasteiger partial charge in [0.2, 0.25) is 0 Å². The number of carbonyl (C=O) groups excluding carboxylic acids is 1. The van der Waals surface area contributed by atoms with E-state index in [-0.39, 0.29) is 5.91 Å². The molecule has 4 heterocycles. The summed E-state index contributed by atoms with van der Waals surface area (Å²) < 4.78 is 1.84. The van der Waals surface area contributed by atoms with Crippen LogP contribution in [0.15, 0.2) is 43.1 Å². The number of carbonyl (C=O) groups is 1. The quantitative estimate of drug-likeness (QED) is 0.720. The predicted octanol–water partition coefficient (Wildman–Crippen LogP) is 1.60. The number of hydrogen-bond acceptors (Lipinski definition) is 4. The number of hydrogen-bond donors (Lipinski definition) is 0. The highest BCUT2D eigenvalue weighted by atomic mass is 16.2. The van der Waals surface area contributed by atoms with Gasteiger partial charge in [-0.05, 0) is 23.8 Å². The van der Waals surface area contributed by atoms with E-state index >= 15 is 0 Å². The van der Waals surface area contributed by atoms with Crippen molar-refractivity contribution in [3.05, 3.63) is 54.2 Å². The van der Waals surface area contributed by atoms with Crippen molar-refractivity contribution in [1.29, 1.82) is 0 Å².